The van der Waals surface area contributed by atoms with Crippen LogP contribution in [0.4, 0.5) is 9.52 Å². The van der Waals surface area contributed by atoms with Gasteiger partial charge in [0.1, 0.15) is 12.4 Å². The quantitative estimate of drug-likeness (QED) is 0.605. The summed E-state index contributed by atoms with van der Waals surface area (Å²) in [4.78, 5) is 19.6. The van der Waals surface area contributed by atoms with Gasteiger partial charge in [0.15, 0.2) is 5.13 Å². The van der Waals surface area contributed by atoms with Crippen LogP contribution in [0.5, 0.6) is 0 Å². The number of aryl methyl sites for hydroxylation is 1. The predicted molar refractivity (Wildman–Crippen MR) is 118 cm³/mol. The molecule has 1 aromatic carbocycles. The fraction of sp³-hybridized carbons (Fsp3) is 0.500. The molecule has 0 saturated heterocycles. The van der Waals surface area contributed by atoms with Crippen molar-refractivity contribution >= 4 is 32.7 Å². The molecule has 0 bridgehead atoms. The molecule has 0 spiro atoms. The zero-order valence-corrected chi connectivity index (χ0v) is 19.4. The molecular formula is C20H27FN4O4S2. The lowest BCUT2D eigenvalue weighted by atomic mass is 9.86. The first-order valence-corrected chi connectivity index (χ1v) is 12.1. The Bertz CT molecular complexity index is 1010. The number of hydrogen-bond acceptors (Lipinski definition) is 7. The molecule has 1 N–H and O–H groups in total. The maximum absolute atomic E-state index is 13.3. The fourth-order valence-electron chi connectivity index (χ4n) is 3.31. The molecule has 0 saturated carbocycles. The molecule has 1 aliphatic carbocycles. The van der Waals surface area contributed by atoms with Gasteiger partial charge in [-0.05, 0) is 51.1 Å². The molecule has 170 valence electrons. The highest BCUT2D eigenvalue weighted by Gasteiger charge is 2.27. The summed E-state index contributed by atoms with van der Waals surface area (Å²) in [6, 6.07) is 6.44. The van der Waals surface area contributed by atoms with Gasteiger partial charge in [0, 0.05) is 30.9 Å². The maximum Gasteiger partial charge on any atom is 0.338 e. The number of nitrogens with one attached hydrogen (secondary N) is 1. The number of halogens is 1. The molecule has 11 heteroatoms. The van der Waals surface area contributed by atoms with E-state index in [-0.39, 0.29) is 18.3 Å². The summed E-state index contributed by atoms with van der Waals surface area (Å²) in [6.45, 7) is 0.159. The van der Waals surface area contributed by atoms with Crippen molar-refractivity contribution in [1.29, 1.82) is 0 Å². The average Bonchev–Trinajstić information content (AvgIpc) is 3.13. The van der Waals surface area contributed by atoms with Crippen LogP contribution in [0, 0.1) is 5.82 Å². The SMILES string of the molecule is CN(C)CCN(C)S(=O)(=O)OCC(=O)Nc1nc2c(s1)C(c1ccc(F)cc1)CCC2. The van der Waals surface area contributed by atoms with Crippen LogP contribution in [-0.2, 0) is 25.7 Å². The molecule has 1 aliphatic rings. The second kappa shape index (κ2) is 10.1. The molecule has 0 fully saturated rings. The maximum atomic E-state index is 13.3. The molecular weight excluding hydrogens is 443 g/mol. The lowest BCUT2D eigenvalue weighted by molar-refractivity contribution is -0.118. The van der Waals surface area contributed by atoms with Crippen molar-refractivity contribution in [3.8, 4) is 0 Å². The summed E-state index contributed by atoms with van der Waals surface area (Å²) in [6.07, 6.45) is 2.68. The van der Waals surface area contributed by atoms with Crippen LogP contribution < -0.4 is 5.32 Å². The van der Waals surface area contributed by atoms with Crippen LogP contribution in [0.15, 0.2) is 24.3 Å². The Kier molecular flexibility index (Phi) is 7.76. The zero-order valence-electron chi connectivity index (χ0n) is 17.8. The van der Waals surface area contributed by atoms with Crippen LogP contribution in [0.2, 0.25) is 0 Å². The molecule has 0 aliphatic heterocycles. The molecule has 8 nitrogen and oxygen atoms in total. The van der Waals surface area contributed by atoms with E-state index < -0.39 is 22.8 Å². The molecule has 1 atom stereocenters. The number of carbonyl (C=O) groups excluding carboxylic acids is 1. The minimum absolute atomic E-state index is 0.106. The number of fused-ring (bicyclic) bond motifs is 1. The largest absolute Gasteiger partial charge is 0.338 e. The van der Waals surface area contributed by atoms with Crippen molar-refractivity contribution in [1.82, 2.24) is 14.2 Å². The third kappa shape index (κ3) is 6.30. The van der Waals surface area contributed by atoms with Crippen molar-refractivity contribution in [3.05, 3.63) is 46.2 Å². The Morgan fingerprint density at radius 3 is 2.65 bits per heavy atom. The van der Waals surface area contributed by atoms with Gasteiger partial charge in [0.2, 0.25) is 0 Å². The number of hydrogen-bond donors (Lipinski definition) is 1. The summed E-state index contributed by atoms with van der Waals surface area (Å²) in [5.74, 6) is -0.761. The average molecular weight is 471 g/mol. The lowest BCUT2D eigenvalue weighted by Crippen LogP contribution is -2.36. The van der Waals surface area contributed by atoms with Crippen molar-refractivity contribution in [2.45, 2.75) is 25.2 Å². The first-order chi connectivity index (χ1) is 14.7. The Labute approximate surface area is 186 Å². The van der Waals surface area contributed by atoms with Crippen molar-refractivity contribution in [3.63, 3.8) is 0 Å². The highest BCUT2D eigenvalue weighted by Crippen LogP contribution is 2.41. The molecule has 1 amide bonds. The topological polar surface area (TPSA) is 91.8 Å². The lowest BCUT2D eigenvalue weighted by Gasteiger charge is -2.21. The highest BCUT2D eigenvalue weighted by atomic mass is 32.2. The minimum atomic E-state index is -4.00. The van der Waals surface area contributed by atoms with Gasteiger partial charge in [0.25, 0.3) is 5.91 Å². The van der Waals surface area contributed by atoms with E-state index in [2.05, 4.69) is 10.3 Å². The first kappa shape index (κ1) is 23.7. The second-order valence-corrected chi connectivity index (χ2v) is 10.5. The van der Waals surface area contributed by atoms with Gasteiger partial charge in [-0.1, -0.05) is 12.1 Å². The van der Waals surface area contributed by atoms with Crippen LogP contribution >= 0.6 is 11.3 Å². The van der Waals surface area contributed by atoms with Gasteiger partial charge in [0.05, 0.1) is 5.69 Å². The van der Waals surface area contributed by atoms with E-state index in [9.17, 15) is 17.6 Å². The number of aromatic nitrogens is 1. The van der Waals surface area contributed by atoms with Crippen LogP contribution in [0.25, 0.3) is 0 Å². The number of nitrogens with zero attached hydrogens (tertiary/aromatic N) is 3. The van der Waals surface area contributed by atoms with E-state index in [1.54, 1.807) is 12.1 Å². The van der Waals surface area contributed by atoms with E-state index in [0.717, 1.165) is 39.7 Å². The van der Waals surface area contributed by atoms with Gasteiger partial charge in [-0.2, -0.15) is 12.7 Å². The summed E-state index contributed by atoms with van der Waals surface area (Å²) in [5, 5.41) is 3.04. The van der Waals surface area contributed by atoms with E-state index >= 15 is 0 Å². The van der Waals surface area contributed by atoms with Gasteiger partial charge in [-0.3, -0.25) is 10.1 Å². The molecule has 1 aromatic heterocycles. The van der Waals surface area contributed by atoms with Gasteiger partial charge in [-0.25, -0.2) is 13.6 Å². The van der Waals surface area contributed by atoms with Crippen molar-refractivity contribution in [2.24, 2.45) is 0 Å². The van der Waals surface area contributed by atoms with Crippen molar-refractivity contribution in [2.75, 3.05) is 46.2 Å². The number of rotatable bonds is 9. The van der Waals surface area contributed by atoms with E-state index in [1.165, 1.54) is 30.5 Å². The van der Waals surface area contributed by atoms with Crippen LogP contribution in [-0.4, -0.2) is 69.4 Å². The summed E-state index contributed by atoms with van der Waals surface area (Å²) in [5.41, 5.74) is 1.93. The van der Waals surface area contributed by atoms with E-state index in [4.69, 9.17) is 4.18 Å². The fourth-order valence-corrected chi connectivity index (χ4v) is 5.24. The number of anilines is 1. The molecule has 2 aromatic rings. The van der Waals surface area contributed by atoms with Gasteiger partial charge < -0.3 is 4.90 Å². The normalized spacial score (nSPS) is 16.5. The molecule has 1 heterocycles. The predicted octanol–water partition coefficient (Wildman–Crippen LogP) is 2.44. The van der Waals surface area contributed by atoms with Crippen LogP contribution in [0.1, 0.15) is 34.9 Å². The Balaban J connectivity index is 1.61. The van der Waals surface area contributed by atoms with E-state index in [0.29, 0.717) is 11.7 Å². The standard InChI is InChI=1S/C20H27FN4O4S2/c1-24(2)11-12-25(3)31(27,28)29-13-18(26)23-20-22-17-6-4-5-16(19(17)30-20)14-7-9-15(21)10-8-14/h7-10,16H,4-6,11-13H2,1-3H3,(H,22,23,26). The van der Waals surface area contributed by atoms with E-state index in [1.807, 2.05) is 19.0 Å². The summed E-state index contributed by atoms with van der Waals surface area (Å²) >= 11 is 1.36. The first-order valence-electron chi connectivity index (χ1n) is 9.96. The Hall–Kier alpha value is -1.92. The van der Waals surface area contributed by atoms with Gasteiger partial charge >= 0.3 is 10.3 Å². The zero-order chi connectivity index (χ0) is 22.6. The summed E-state index contributed by atoms with van der Waals surface area (Å²) in [7, 11) is 1.08. The number of likely N-dealkylation sites (N-methyl/N-ethyl adjacent to an activating group) is 2. The smallest absolute Gasteiger partial charge is 0.308 e. The Morgan fingerprint density at radius 1 is 1.26 bits per heavy atom. The second-order valence-electron chi connectivity index (χ2n) is 7.72. The number of benzene rings is 1. The highest BCUT2D eigenvalue weighted by molar-refractivity contribution is 7.84. The molecule has 31 heavy (non-hydrogen) atoms. The minimum Gasteiger partial charge on any atom is -0.308 e. The monoisotopic (exact) mass is 470 g/mol. The molecule has 1 unspecified atom stereocenters. The molecule has 3 rings (SSSR count). The number of amides is 1. The third-order valence-electron chi connectivity index (χ3n) is 5.05. The van der Waals surface area contributed by atoms with Gasteiger partial charge in [-0.15, -0.1) is 11.3 Å². The Morgan fingerprint density at radius 2 is 1.97 bits per heavy atom. The number of carbonyl (C=O) groups is 1. The summed E-state index contributed by atoms with van der Waals surface area (Å²) < 4.78 is 43.5. The molecule has 0 radical (unpaired) electrons. The third-order valence-corrected chi connectivity index (χ3v) is 7.54. The van der Waals surface area contributed by atoms with Crippen LogP contribution in [0.3, 0.4) is 0 Å². The van der Waals surface area contributed by atoms with Crippen molar-refractivity contribution < 1.29 is 21.8 Å². The number of thiazole rings is 1.